The average molecular weight is 515 g/mol. The number of fused-ring (bicyclic) bond motifs is 1. The highest BCUT2D eigenvalue weighted by molar-refractivity contribution is 6.32. The van der Waals surface area contributed by atoms with E-state index in [0.29, 0.717) is 16.8 Å². The van der Waals surface area contributed by atoms with Gasteiger partial charge in [0.25, 0.3) is 11.5 Å². The number of benzene rings is 1. The lowest BCUT2D eigenvalue weighted by Crippen LogP contribution is -2.31. The number of hydrogen-bond acceptors (Lipinski definition) is 7. The van der Waals surface area contributed by atoms with Gasteiger partial charge in [0.1, 0.15) is 5.02 Å². The number of rotatable bonds is 7. The first-order valence-corrected chi connectivity index (χ1v) is 12.8. The van der Waals surface area contributed by atoms with Crippen LogP contribution in [0, 0.1) is 0 Å². The zero-order valence-electron chi connectivity index (χ0n) is 21.6. The lowest BCUT2D eigenvalue weighted by atomic mass is 10.1. The molecule has 0 radical (unpaired) electrons. The Bertz CT molecular complexity index is 1250. The second kappa shape index (κ2) is 12.6. The van der Waals surface area contributed by atoms with Gasteiger partial charge >= 0.3 is 0 Å². The lowest BCUT2D eigenvalue weighted by molar-refractivity contribution is -0.122. The third kappa shape index (κ3) is 6.26. The summed E-state index contributed by atoms with van der Waals surface area (Å²) in [5.74, 6) is 0.985. The van der Waals surface area contributed by atoms with Crippen LogP contribution in [-0.4, -0.2) is 47.2 Å². The number of anilines is 3. The second-order valence-electron chi connectivity index (χ2n) is 8.55. The fourth-order valence-corrected chi connectivity index (χ4v) is 4.20. The van der Waals surface area contributed by atoms with E-state index in [1.54, 1.807) is 16.8 Å². The van der Waals surface area contributed by atoms with E-state index in [9.17, 15) is 9.59 Å². The highest BCUT2D eigenvalue weighted by Gasteiger charge is 2.17. The normalized spacial score (nSPS) is 13.2. The Morgan fingerprint density at radius 3 is 2.56 bits per heavy atom. The van der Waals surface area contributed by atoms with Gasteiger partial charge in [-0.25, -0.2) is 4.98 Å². The molecule has 0 unspecified atom stereocenters. The first-order valence-electron chi connectivity index (χ1n) is 12.4. The van der Waals surface area contributed by atoms with Gasteiger partial charge in [0.05, 0.1) is 11.7 Å². The highest BCUT2D eigenvalue weighted by Crippen LogP contribution is 2.29. The van der Waals surface area contributed by atoms with Crippen molar-refractivity contribution in [2.45, 2.75) is 53.0 Å². The van der Waals surface area contributed by atoms with Gasteiger partial charge in [-0.05, 0) is 57.4 Å². The van der Waals surface area contributed by atoms with Gasteiger partial charge in [-0.1, -0.05) is 25.4 Å². The van der Waals surface area contributed by atoms with Crippen LogP contribution in [0.2, 0.25) is 5.02 Å². The summed E-state index contributed by atoms with van der Waals surface area (Å²) in [6.45, 7) is 9.49. The van der Waals surface area contributed by atoms with Crippen molar-refractivity contribution in [3.63, 3.8) is 0 Å². The number of pyridine rings is 1. The Morgan fingerprint density at radius 1 is 1.17 bits per heavy atom. The van der Waals surface area contributed by atoms with Gasteiger partial charge in [-0.15, -0.1) is 0 Å². The number of aromatic nitrogens is 3. The van der Waals surface area contributed by atoms with Crippen LogP contribution in [0.25, 0.3) is 10.9 Å². The van der Waals surface area contributed by atoms with E-state index in [2.05, 4.69) is 25.5 Å². The van der Waals surface area contributed by atoms with Crippen molar-refractivity contribution in [1.29, 1.82) is 0 Å². The average Bonchev–Trinajstić information content (AvgIpc) is 2.90. The van der Waals surface area contributed by atoms with Crippen molar-refractivity contribution in [2.75, 3.05) is 37.0 Å². The summed E-state index contributed by atoms with van der Waals surface area (Å²) in [6, 6.07) is 7.22. The fourth-order valence-electron chi connectivity index (χ4n) is 4.06. The van der Waals surface area contributed by atoms with E-state index in [1.807, 2.05) is 45.9 Å². The number of nitrogens with zero attached hydrogens (tertiary/aromatic N) is 4. The molecule has 0 spiro atoms. The van der Waals surface area contributed by atoms with E-state index in [4.69, 9.17) is 16.3 Å². The van der Waals surface area contributed by atoms with Crippen LogP contribution >= 0.6 is 11.6 Å². The Labute approximate surface area is 216 Å². The predicted molar refractivity (Wildman–Crippen MR) is 146 cm³/mol. The summed E-state index contributed by atoms with van der Waals surface area (Å²) in [6.07, 6.45) is 5.09. The van der Waals surface area contributed by atoms with Gasteiger partial charge in [0, 0.05) is 37.3 Å². The van der Waals surface area contributed by atoms with Crippen molar-refractivity contribution in [1.82, 2.24) is 19.9 Å². The van der Waals surface area contributed by atoms with Crippen molar-refractivity contribution < 1.29 is 9.53 Å². The molecule has 194 valence electrons. The van der Waals surface area contributed by atoms with E-state index in [1.165, 1.54) is 13.5 Å². The van der Waals surface area contributed by atoms with E-state index < -0.39 is 0 Å². The Kier molecular flexibility index (Phi) is 9.52. The molecule has 1 aromatic carbocycles. The molecule has 0 saturated carbocycles. The number of carbonyl (C=O) groups excluding carboxylic acids is 1. The molecule has 2 N–H and O–H groups in total. The molecule has 1 fully saturated rings. The molecule has 1 amide bonds. The highest BCUT2D eigenvalue weighted by atomic mass is 35.5. The molecule has 3 aromatic rings. The third-order valence-corrected chi connectivity index (χ3v) is 6.07. The molecule has 1 aliphatic heterocycles. The summed E-state index contributed by atoms with van der Waals surface area (Å²) < 4.78 is 7.19. The molecule has 0 aliphatic carbocycles. The first kappa shape index (κ1) is 27.3. The number of hydrogen-bond donors (Lipinski definition) is 2. The van der Waals surface area contributed by atoms with Gasteiger partial charge in [0.2, 0.25) is 5.95 Å². The minimum atomic E-state index is -0.311. The molecule has 1 saturated heterocycles. The van der Waals surface area contributed by atoms with E-state index in [-0.39, 0.29) is 29.9 Å². The van der Waals surface area contributed by atoms with Crippen molar-refractivity contribution in [2.24, 2.45) is 0 Å². The standard InChI is InChI=1S/C24H29ClN6O3.C2H6/c1-15(2)31-19-8-7-17(11-16(19)12-20(23(31)33)34-14-21(32)26-3)28-22-18(25)13-27-24(29-22)30-9-5-4-6-10-30;1-2/h7-8,11-13,15H,4-6,9-10,14H2,1-3H3,(H,26,32)(H,27,28,29);1-2H3. The SMILES string of the molecule is CC.CNC(=O)COc1cc2cc(Nc3nc(N4CCCCC4)ncc3Cl)ccc2n(C(C)C)c1=O. The zero-order chi connectivity index (χ0) is 26.2. The topological polar surface area (TPSA) is 101 Å². The first-order chi connectivity index (χ1) is 17.4. The third-order valence-electron chi connectivity index (χ3n) is 5.79. The van der Waals surface area contributed by atoms with E-state index >= 15 is 0 Å². The molecule has 10 heteroatoms. The van der Waals surface area contributed by atoms with Gasteiger partial charge in [-0.3, -0.25) is 9.59 Å². The van der Waals surface area contributed by atoms with Crippen LogP contribution in [0.4, 0.5) is 17.5 Å². The van der Waals surface area contributed by atoms with Crippen LogP contribution in [0.1, 0.15) is 53.0 Å². The number of nitrogens with one attached hydrogen (secondary N) is 2. The smallest absolute Gasteiger partial charge is 0.293 e. The lowest BCUT2D eigenvalue weighted by Gasteiger charge is -2.27. The van der Waals surface area contributed by atoms with Crippen LogP contribution in [0.5, 0.6) is 5.75 Å². The quantitative estimate of drug-likeness (QED) is 0.462. The summed E-state index contributed by atoms with van der Waals surface area (Å²) in [5.41, 5.74) is 1.24. The van der Waals surface area contributed by atoms with Gasteiger partial charge < -0.3 is 24.8 Å². The monoisotopic (exact) mass is 514 g/mol. The van der Waals surface area contributed by atoms with E-state index in [0.717, 1.165) is 42.5 Å². The molecule has 2 aromatic heterocycles. The van der Waals surface area contributed by atoms with Crippen molar-refractivity contribution in [3.05, 3.63) is 45.8 Å². The number of amides is 1. The fraction of sp³-hybridized carbons (Fsp3) is 0.462. The molecule has 0 bridgehead atoms. The molecule has 9 nitrogen and oxygen atoms in total. The van der Waals surface area contributed by atoms with Crippen molar-refractivity contribution >= 4 is 45.9 Å². The number of piperidine rings is 1. The predicted octanol–water partition coefficient (Wildman–Crippen LogP) is 4.91. The summed E-state index contributed by atoms with van der Waals surface area (Å²) in [5, 5.41) is 6.98. The molecular formula is C26H35ClN6O3. The van der Waals surface area contributed by atoms with Crippen molar-refractivity contribution in [3.8, 4) is 5.75 Å². The number of carbonyl (C=O) groups is 1. The molecular weight excluding hydrogens is 480 g/mol. The summed E-state index contributed by atoms with van der Waals surface area (Å²) in [7, 11) is 1.52. The maximum absolute atomic E-state index is 13.0. The second-order valence-corrected chi connectivity index (χ2v) is 8.96. The van der Waals surface area contributed by atoms with Crippen LogP contribution in [0.3, 0.4) is 0 Å². The molecule has 36 heavy (non-hydrogen) atoms. The largest absolute Gasteiger partial charge is 0.478 e. The minimum Gasteiger partial charge on any atom is -0.478 e. The Hall–Kier alpha value is -3.33. The number of ether oxygens (including phenoxy) is 1. The molecule has 4 rings (SSSR count). The maximum Gasteiger partial charge on any atom is 0.293 e. The van der Waals surface area contributed by atoms with Gasteiger partial charge in [0.15, 0.2) is 18.2 Å². The zero-order valence-corrected chi connectivity index (χ0v) is 22.4. The maximum atomic E-state index is 13.0. The Balaban J connectivity index is 0.00000176. The summed E-state index contributed by atoms with van der Waals surface area (Å²) >= 11 is 6.39. The summed E-state index contributed by atoms with van der Waals surface area (Å²) in [4.78, 5) is 35.8. The molecule has 0 atom stereocenters. The molecule has 3 heterocycles. The number of halogens is 1. The van der Waals surface area contributed by atoms with Crippen LogP contribution < -0.4 is 25.8 Å². The van der Waals surface area contributed by atoms with Crippen LogP contribution in [0.15, 0.2) is 35.3 Å². The van der Waals surface area contributed by atoms with Crippen LogP contribution in [-0.2, 0) is 4.79 Å². The molecule has 1 aliphatic rings. The Morgan fingerprint density at radius 2 is 1.89 bits per heavy atom. The minimum absolute atomic E-state index is 0.0965. The number of likely N-dealkylation sites (N-methyl/N-ethyl adjacent to an activating group) is 1. The van der Waals surface area contributed by atoms with Gasteiger partial charge in [-0.2, -0.15) is 4.98 Å².